The highest BCUT2D eigenvalue weighted by molar-refractivity contribution is 14.1. The highest BCUT2D eigenvalue weighted by atomic mass is 127. The summed E-state index contributed by atoms with van der Waals surface area (Å²) < 4.78 is 86.5. The zero-order chi connectivity index (χ0) is 24.8. The third kappa shape index (κ3) is 4.82. The first kappa shape index (κ1) is 24.6. The van der Waals surface area contributed by atoms with Crippen molar-refractivity contribution in [3.8, 4) is 11.5 Å². The van der Waals surface area contributed by atoms with Crippen molar-refractivity contribution in [1.82, 2.24) is 3.97 Å². The molecule has 0 radical (unpaired) electrons. The topological polar surface area (TPSA) is 82.4 Å². The predicted molar refractivity (Wildman–Crippen MR) is 133 cm³/mol. The SMILES string of the molecule is Cc1ccc(S(=O)(=O)n2ccc3c(CS(C)(=O)=O)c(Oc4ccc(F)c(I)c4)c(F)cc32)cc1. The van der Waals surface area contributed by atoms with Crippen LogP contribution in [0.2, 0.25) is 0 Å². The average Bonchev–Trinajstić information content (AvgIpc) is 3.17. The first-order chi connectivity index (χ1) is 15.9. The summed E-state index contributed by atoms with van der Waals surface area (Å²) in [6.07, 6.45) is 2.23. The standard InChI is InChI=1S/C23H18F2INO5S2/c1-14-3-6-16(7-4-14)34(30,31)27-10-9-17-18(13-33(2,28)29)23(20(25)12-22(17)27)32-15-5-8-19(24)21(26)11-15/h3-12H,13H2,1-2H3. The van der Waals surface area contributed by atoms with Gasteiger partial charge in [0.2, 0.25) is 0 Å². The van der Waals surface area contributed by atoms with Gasteiger partial charge in [-0.3, -0.25) is 0 Å². The first-order valence-corrected chi connectivity index (χ1v) is 14.4. The number of halogens is 3. The molecule has 178 valence electrons. The average molecular weight is 617 g/mol. The zero-order valence-electron chi connectivity index (χ0n) is 17.9. The van der Waals surface area contributed by atoms with Gasteiger partial charge >= 0.3 is 0 Å². The van der Waals surface area contributed by atoms with Crippen LogP contribution in [0.25, 0.3) is 10.9 Å². The molecule has 0 aliphatic carbocycles. The minimum Gasteiger partial charge on any atom is -0.454 e. The molecule has 1 aromatic heterocycles. The van der Waals surface area contributed by atoms with Crippen LogP contribution < -0.4 is 4.74 Å². The van der Waals surface area contributed by atoms with Gasteiger partial charge in [0.25, 0.3) is 10.0 Å². The lowest BCUT2D eigenvalue weighted by Gasteiger charge is -2.15. The Labute approximate surface area is 209 Å². The van der Waals surface area contributed by atoms with Gasteiger partial charge in [0.15, 0.2) is 21.4 Å². The van der Waals surface area contributed by atoms with Gasteiger partial charge in [-0.2, -0.15) is 0 Å². The highest BCUT2D eigenvalue weighted by Crippen LogP contribution is 2.37. The van der Waals surface area contributed by atoms with Crippen LogP contribution >= 0.6 is 22.6 Å². The van der Waals surface area contributed by atoms with Gasteiger partial charge in [-0.15, -0.1) is 0 Å². The summed E-state index contributed by atoms with van der Waals surface area (Å²) in [5, 5.41) is 0.203. The van der Waals surface area contributed by atoms with Crippen molar-refractivity contribution in [1.29, 1.82) is 0 Å². The van der Waals surface area contributed by atoms with Crippen molar-refractivity contribution >= 4 is 53.4 Å². The van der Waals surface area contributed by atoms with Crippen LogP contribution in [0.3, 0.4) is 0 Å². The minimum atomic E-state index is -4.08. The van der Waals surface area contributed by atoms with Crippen LogP contribution in [-0.4, -0.2) is 27.1 Å². The van der Waals surface area contributed by atoms with Gasteiger partial charge in [-0.1, -0.05) is 17.7 Å². The number of nitrogens with zero attached hydrogens (tertiary/aromatic N) is 1. The van der Waals surface area contributed by atoms with Crippen LogP contribution in [-0.2, 0) is 25.6 Å². The predicted octanol–water partition coefficient (Wildman–Crippen LogP) is 5.41. The molecule has 1 heterocycles. The number of hydrogen-bond acceptors (Lipinski definition) is 5. The van der Waals surface area contributed by atoms with Crippen molar-refractivity contribution in [2.45, 2.75) is 17.6 Å². The molecule has 11 heteroatoms. The van der Waals surface area contributed by atoms with Crippen molar-refractivity contribution in [3.05, 3.63) is 87.1 Å². The van der Waals surface area contributed by atoms with Crippen molar-refractivity contribution in [3.63, 3.8) is 0 Å². The van der Waals surface area contributed by atoms with Crippen LogP contribution in [0, 0.1) is 22.1 Å². The molecule has 0 fully saturated rings. The second-order valence-corrected chi connectivity index (χ2v) is 12.9. The summed E-state index contributed by atoms with van der Waals surface area (Å²) in [5.41, 5.74) is 0.808. The molecule has 0 saturated carbocycles. The quantitative estimate of drug-likeness (QED) is 0.271. The fourth-order valence-corrected chi connectivity index (χ4v) is 6.12. The van der Waals surface area contributed by atoms with Gasteiger partial charge < -0.3 is 4.74 Å². The van der Waals surface area contributed by atoms with Crippen LogP contribution in [0.4, 0.5) is 8.78 Å². The molecule has 0 saturated heterocycles. The van der Waals surface area contributed by atoms with Gasteiger partial charge in [0.05, 0.1) is 19.7 Å². The molecule has 4 aromatic rings. The Morgan fingerprint density at radius 1 is 0.941 bits per heavy atom. The summed E-state index contributed by atoms with van der Waals surface area (Å²) in [7, 11) is -7.75. The van der Waals surface area contributed by atoms with Gasteiger partial charge in [0.1, 0.15) is 11.6 Å². The smallest absolute Gasteiger partial charge is 0.268 e. The maximum Gasteiger partial charge on any atom is 0.268 e. The number of hydrogen-bond donors (Lipinski definition) is 0. The Balaban J connectivity index is 1.93. The highest BCUT2D eigenvalue weighted by Gasteiger charge is 2.25. The number of sulfone groups is 1. The van der Waals surface area contributed by atoms with Crippen molar-refractivity contribution in [2.75, 3.05) is 6.26 Å². The Bertz CT molecular complexity index is 1630. The monoisotopic (exact) mass is 617 g/mol. The van der Waals surface area contributed by atoms with E-state index in [1.807, 2.05) is 6.92 Å². The van der Waals surface area contributed by atoms with Crippen LogP contribution in [0.5, 0.6) is 11.5 Å². The largest absolute Gasteiger partial charge is 0.454 e. The number of aromatic nitrogens is 1. The third-order valence-electron chi connectivity index (χ3n) is 5.06. The fourth-order valence-electron chi connectivity index (χ4n) is 3.48. The van der Waals surface area contributed by atoms with E-state index >= 15 is 4.39 Å². The number of ether oxygens (including phenoxy) is 1. The van der Waals surface area contributed by atoms with Crippen LogP contribution in [0.1, 0.15) is 11.1 Å². The maximum absolute atomic E-state index is 15.3. The molecule has 0 aliphatic heterocycles. The molecule has 34 heavy (non-hydrogen) atoms. The van der Waals surface area contributed by atoms with Gasteiger partial charge in [-0.25, -0.2) is 29.6 Å². The van der Waals surface area contributed by atoms with E-state index in [1.54, 1.807) is 34.7 Å². The molecule has 6 nitrogen and oxygen atoms in total. The lowest BCUT2D eigenvalue weighted by Crippen LogP contribution is -2.12. The summed E-state index contributed by atoms with van der Waals surface area (Å²) in [6, 6.07) is 12.3. The number of benzene rings is 3. The molecular weight excluding hydrogens is 599 g/mol. The maximum atomic E-state index is 15.3. The summed E-state index contributed by atoms with van der Waals surface area (Å²) in [4.78, 5) is 0.00175. The molecule has 0 N–H and O–H groups in total. The molecule has 3 aromatic carbocycles. The Morgan fingerprint density at radius 2 is 1.62 bits per heavy atom. The van der Waals surface area contributed by atoms with Crippen LogP contribution in [0.15, 0.2) is 65.7 Å². The molecule has 0 atom stereocenters. The summed E-state index contributed by atoms with van der Waals surface area (Å²) in [6.45, 7) is 1.82. The van der Waals surface area contributed by atoms with Crippen molar-refractivity contribution in [2.24, 2.45) is 0 Å². The molecule has 0 spiro atoms. The number of aryl methyl sites for hydroxylation is 1. The zero-order valence-corrected chi connectivity index (χ0v) is 21.7. The molecule has 0 unspecified atom stereocenters. The second-order valence-electron chi connectivity index (χ2n) is 7.78. The van der Waals surface area contributed by atoms with Gasteiger partial charge in [-0.05, 0) is 65.9 Å². The molecule has 0 bridgehead atoms. The normalized spacial score (nSPS) is 12.3. The summed E-state index contributed by atoms with van der Waals surface area (Å²) in [5.74, 6) is -2.30. The summed E-state index contributed by atoms with van der Waals surface area (Å²) >= 11 is 1.75. The van der Waals surface area contributed by atoms with E-state index in [2.05, 4.69) is 0 Å². The number of rotatable bonds is 6. The fraction of sp³-hybridized carbons (Fsp3) is 0.130. The lowest BCUT2D eigenvalue weighted by atomic mass is 10.1. The van der Waals surface area contributed by atoms with E-state index < -0.39 is 37.2 Å². The molecule has 0 aliphatic rings. The third-order valence-corrected chi connectivity index (χ3v) is 8.41. The number of fused-ring (bicyclic) bond motifs is 1. The van der Waals surface area contributed by atoms with Crippen molar-refractivity contribution < 1.29 is 30.4 Å². The van der Waals surface area contributed by atoms with E-state index in [4.69, 9.17) is 4.74 Å². The Hall–Kier alpha value is -2.51. The molecule has 4 rings (SSSR count). The molecule has 0 amide bonds. The minimum absolute atomic E-state index is 0.00175. The lowest BCUT2D eigenvalue weighted by molar-refractivity contribution is 0.437. The van der Waals surface area contributed by atoms with E-state index in [0.29, 0.717) is 0 Å². The van der Waals surface area contributed by atoms with E-state index in [-0.39, 0.29) is 36.4 Å². The van der Waals surface area contributed by atoms with E-state index in [0.717, 1.165) is 27.9 Å². The van der Waals surface area contributed by atoms with E-state index in [1.165, 1.54) is 36.5 Å². The van der Waals surface area contributed by atoms with Gasteiger partial charge in [0, 0.05) is 29.5 Å². The Kier molecular flexibility index (Phi) is 6.46. The molecular formula is C23H18F2INO5S2. The Morgan fingerprint density at radius 3 is 2.24 bits per heavy atom. The first-order valence-electron chi connectivity index (χ1n) is 9.82. The van der Waals surface area contributed by atoms with E-state index in [9.17, 15) is 21.2 Å². The second kappa shape index (κ2) is 8.93.